The predicted octanol–water partition coefficient (Wildman–Crippen LogP) is 5.37. The smallest absolute Gasteiger partial charge is 0.313 e. The van der Waals surface area contributed by atoms with Crippen molar-refractivity contribution >= 4 is 12.3 Å². The third-order valence-corrected chi connectivity index (χ3v) is 4.10. The van der Waals surface area contributed by atoms with Crippen molar-refractivity contribution in [3.63, 3.8) is 0 Å². The van der Waals surface area contributed by atoms with Crippen LogP contribution in [0.15, 0.2) is 0 Å². The van der Waals surface area contributed by atoms with Gasteiger partial charge in [0.15, 0.2) is 0 Å². The van der Waals surface area contributed by atoms with Crippen LogP contribution in [0.2, 0.25) is 0 Å². The fourth-order valence-corrected chi connectivity index (χ4v) is 2.63. The summed E-state index contributed by atoms with van der Waals surface area (Å²) in [5.74, 6) is -1.78. The van der Waals surface area contributed by atoms with E-state index in [4.69, 9.17) is 5.11 Å². The molecule has 0 aromatic rings. The number of carboxylic acids is 1. The van der Waals surface area contributed by atoms with E-state index in [-0.39, 0.29) is 0 Å². The molecule has 21 heavy (non-hydrogen) atoms. The van der Waals surface area contributed by atoms with Crippen LogP contribution in [0.1, 0.15) is 96.8 Å². The fourth-order valence-electron chi connectivity index (χ4n) is 2.63. The number of carboxylic acid groups (broad SMARTS) is 1. The second-order valence-corrected chi connectivity index (χ2v) is 6.11. The van der Waals surface area contributed by atoms with E-state index < -0.39 is 11.9 Å². The molecular weight excluding hydrogens is 264 g/mol. The zero-order valence-electron chi connectivity index (χ0n) is 13.8. The number of rotatable bonds is 16. The summed E-state index contributed by atoms with van der Waals surface area (Å²) in [6, 6.07) is 0. The van der Waals surface area contributed by atoms with Gasteiger partial charge in [-0.25, -0.2) is 0 Å². The predicted molar refractivity (Wildman–Crippen MR) is 87.5 cm³/mol. The number of carbonyl (C=O) groups is 2. The Balaban J connectivity index is 3.15. The molecule has 0 heterocycles. The normalized spacial score (nSPS) is 12.2. The maximum Gasteiger partial charge on any atom is 0.313 e. The zero-order chi connectivity index (χ0) is 15.8. The molecule has 0 saturated carbocycles. The average Bonchev–Trinajstić information content (AvgIpc) is 2.47. The van der Waals surface area contributed by atoms with Crippen molar-refractivity contribution in [1.29, 1.82) is 0 Å². The molecule has 0 aliphatic rings. The number of unbranched alkanes of at least 4 members (excludes halogenated alkanes) is 12. The van der Waals surface area contributed by atoms with Crippen molar-refractivity contribution < 1.29 is 14.7 Å². The summed E-state index contributed by atoms with van der Waals surface area (Å²) in [7, 11) is 0. The minimum Gasteiger partial charge on any atom is -0.481 e. The van der Waals surface area contributed by atoms with Crippen molar-refractivity contribution in [2.75, 3.05) is 0 Å². The van der Waals surface area contributed by atoms with Crippen LogP contribution < -0.4 is 0 Å². The van der Waals surface area contributed by atoms with Crippen LogP contribution in [0.3, 0.4) is 0 Å². The van der Waals surface area contributed by atoms with E-state index in [0.717, 1.165) is 12.8 Å². The Kier molecular flexibility index (Phi) is 14.9. The summed E-state index contributed by atoms with van der Waals surface area (Å²) in [5, 5.41) is 8.73. The molecule has 0 bridgehead atoms. The molecule has 1 atom stereocenters. The van der Waals surface area contributed by atoms with Crippen molar-refractivity contribution in [3.05, 3.63) is 0 Å². The van der Waals surface area contributed by atoms with Crippen LogP contribution in [0.5, 0.6) is 0 Å². The topological polar surface area (TPSA) is 54.4 Å². The summed E-state index contributed by atoms with van der Waals surface area (Å²) < 4.78 is 0. The Bertz CT molecular complexity index is 251. The van der Waals surface area contributed by atoms with Gasteiger partial charge in [0.05, 0.1) is 0 Å². The van der Waals surface area contributed by atoms with Crippen LogP contribution in [0, 0.1) is 5.92 Å². The SMILES string of the molecule is CCCCCCCCCCCCCCCC(C=O)C(=O)O. The second kappa shape index (κ2) is 15.5. The van der Waals surface area contributed by atoms with Gasteiger partial charge >= 0.3 is 5.97 Å². The molecule has 0 fully saturated rings. The number of aldehydes is 1. The third-order valence-electron chi connectivity index (χ3n) is 4.10. The van der Waals surface area contributed by atoms with Gasteiger partial charge in [0.1, 0.15) is 12.2 Å². The van der Waals surface area contributed by atoms with Gasteiger partial charge in [-0.15, -0.1) is 0 Å². The lowest BCUT2D eigenvalue weighted by molar-refractivity contribution is -0.143. The number of carbonyl (C=O) groups excluding carboxylic acids is 1. The van der Waals surface area contributed by atoms with E-state index in [1.54, 1.807) is 0 Å². The van der Waals surface area contributed by atoms with E-state index >= 15 is 0 Å². The molecule has 124 valence electrons. The first-order valence-electron chi connectivity index (χ1n) is 8.90. The third kappa shape index (κ3) is 13.9. The number of hydrogen-bond acceptors (Lipinski definition) is 2. The van der Waals surface area contributed by atoms with Gasteiger partial charge in [-0.05, 0) is 6.42 Å². The molecule has 1 unspecified atom stereocenters. The summed E-state index contributed by atoms with van der Waals surface area (Å²) in [6.07, 6.45) is 17.6. The van der Waals surface area contributed by atoms with E-state index in [1.165, 1.54) is 70.6 Å². The second-order valence-electron chi connectivity index (χ2n) is 6.11. The highest BCUT2D eigenvalue weighted by Gasteiger charge is 2.14. The largest absolute Gasteiger partial charge is 0.481 e. The quantitative estimate of drug-likeness (QED) is 0.237. The van der Waals surface area contributed by atoms with Crippen LogP contribution in [-0.2, 0) is 9.59 Å². The van der Waals surface area contributed by atoms with Gasteiger partial charge in [0.25, 0.3) is 0 Å². The molecule has 3 nitrogen and oxygen atoms in total. The van der Waals surface area contributed by atoms with Gasteiger partial charge in [-0.1, -0.05) is 90.4 Å². The minimum absolute atomic E-state index is 0.497. The summed E-state index contributed by atoms with van der Waals surface area (Å²) in [4.78, 5) is 21.2. The van der Waals surface area contributed by atoms with Gasteiger partial charge in [-0.2, -0.15) is 0 Å². The fraction of sp³-hybridized carbons (Fsp3) is 0.889. The van der Waals surface area contributed by atoms with Crippen LogP contribution in [-0.4, -0.2) is 17.4 Å². The monoisotopic (exact) mass is 298 g/mol. The highest BCUT2D eigenvalue weighted by molar-refractivity contribution is 5.86. The first-order valence-corrected chi connectivity index (χ1v) is 8.90. The average molecular weight is 298 g/mol. The Hall–Kier alpha value is -0.860. The Morgan fingerprint density at radius 2 is 1.19 bits per heavy atom. The lowest BCUT2D eigenvalue weighted by atomic mass is 10.0. The molecule has 0 radical (unpaired) electrons. The molecule has 1 N–H and O–H groups in total. The maximum absolute atomic E-state index is 10.6. The lowest BCUT2D eigenvalue weighted by Crippen LogP contribution is -2.14. The highest BCUT2D eigenvalue weighted by atomic mass is 16.4. The van der Waals surface area contributed by atoms with E-state index in [1.807, 2.05) is 0 Å². The van der Waals surface area contributed by atoms with Crippen LogP contribution >= 0.6 is 0 Å². The molecule has 3 heteroatoms. The summed E-state index contributed by atoms with van der Waals surface area (Å²) >= 11 is 0. The minimum atomic E-state index is -0.982. The first-order chi connectivity index (χ1) is 10.2. The van der Waals surface area contributed by atoms with E-state index in [2.05, 4.69) is 6.92 Å². The molecule has 0 amide bonds. The van der Waals surface area contributed by atoms with Gasteiger partial charge in [0, 0.05) is 0 Å². The van der Waals surface area contributed by atoms with Crippen molar-refractivity contribution in [1.82, 2.24) is 0 Å². The van der Waals surface area contributed by atoms with Gasteiger partial charge in [-0.3, -0.25) is 4.79 Å². The molecule has 0 aromatic heterocycles. The zero-order valence-corrected chi connectivity index (χ0v) is 13.8. The first kappa shape index (κ1) is 20.1. The molecule has 0 aromatic carbocycles. The van der Waals surface area contributed by atoms with E-state index in [9.17, 15) is 9.59 Å². The molecule has 0 aliphatic heterocycles. The molecule has 0 spiro atoms. The van der Waals surface area contributed by atoms with Crippen molar-refractivity contribution in [2.45, 2.75) is 96.8 Å². The number of aliphatic carboxylic acids is 1. The Morgan fingerprint density at radius 1 is 0.810 bits per heavy atom. The van der Waals surface area contributed by atoms with E-state index in [0.29, 0.717) is 12.7 Å². The number of hydrogen-bond donors (Lipinski definition) is 1. The standard InChI is InChI=1S/C18H34O3/c1-2-3-4-5-6-7-8-9-10-11-12-13-14-15-17(16-19)18(20)21/h16-17H,2-15H2,1H3,(H,20,21). The van der Waals surface area contributed by atoms with Gasteiger partial charge < -0.3 is 9.90 Å². The maximum atomic E-state index is 10.6. The van der Waals surface area contributed by atoms with Crippen LogP contribution in [0.25, 0.3) is 0 Å². The van der Waals surface area contributed by atoms with Crippen molar-refractivity contribution in [2.24, 2.45) is 5.92 Å². The Labute approximate surface area is 130 Å². The Morgan fingerprint density at radius 3 is 1.52 bits per heavy atom. The summed E-state index contributed by atoms with van der Waals surface area (Å²) in [5.41, 5.74) is 0. The highest BCUT2D eigenvalue weighted by Crippen LogP contribution is 2.14. The van der Waals surface area contributed by atoms with Crippen molar-refractivity contribution in [3.8, 4) is 0 Å². The van der Waals surface area contributed by atoms with Crippen LogP contribution in [0.4, 0.5) is 0 Å². The molecule has 0 rings (SSSR count). The molecule has 0 saturated heterocycles. The lowest BCUT2D eigenvalue weighted by Gasteiger charge is -2.05. The summed E-state index contributed by atoms with van der Waals surface area (Å²) in [6.45, 7) is 2.25. The molecular formula is C18H34O3. The van der Waals surface area contributed by atoms with Gasteiger partial charge in [0.2, 0.25) is 0 Å². The molecule has 0 aliphatic carbocycles.